The molecule has 1 atom stereocenters. The molecule has 0 aromatic heterocycles. The molecule has 0 fully saturated rings. The lowest BCUT2D eigenvalue weighted by atomic mass is 9.74. The minimum Gasteiger partial charge on any atom is -0.497 e. The lowest BCUT2D eigenvalue weighted by Gasteiger charge is -2.34. The number of anilines is 4. The van der Waals surface area contributed by atoms with Gasteiger partial charge in [0, 0.05) is 82.0 Å². The highest BCUT2D eigenvalue weighted by Crippen LogP contribution is 2.49. The van der Waals surface area contributed by atoms with Crippen molar-refractivity contribution in [2.45, 2.75) is 53.1 Å². The van der Waals surface area contributed by atoms with Crippen LogP contribution in [0, 0.1) is 28.1 Å². The van der Waals surface area contributed by atoms with Crippen LogP contribution in [-0.4, -0.2) is 75.0 Å². The summed E-state index contributed by atoms with van der Waals surface area (Å²) in [6, 6.07) is 45.7. The van der Waals surface area contributed by atoms with E-state index in [9.17, 15) is 39.3 Å². The van der Waals surface area contributed by atoms with E-state index in [4.69, 9.17) is 37.9 Å². The number of ether oxygens (including phenoxy) is 8. The van der Waals surface area contributed by atoms with Crippen LogP contribution in [0.2, 0.25) is 0 Å². The van der Waals surface area contributed by atoms with E-state index < -0.39 is 41.4 Å². The minimum atomic E-state index is -1.09. The first-order valence-electron chi connectivity index (χ1n) is 31.0. The fraction of sp³-hybridized carbons (Fsp3) is 0.190. The minimum absolute atomic E-state index is 0.00975. The number of carbonyl (C=O) groups is 6. The summed E-state index contributed by atoms with van der Waals surface area (Å²) < 4.78 is 44.5. The molecule has 6 aromatic carbocycles. The number of benzene rings is 6. The maximum atomic E-state index is 13.7. The Morgan fingerprint density at radius 1 is 0.612 bits per heavy atom. The first kappa shape index (κ1) is 71.9. The number of rotatable bonds is 28. The highest BCUT2D eigenvalue weighted by atomic mass is 32.2. The molecule has 2 aliphatic rings. The summed E-state index contributed by atoms with van der Waals surface area (Å²) in [6.45, 7) is 24.4. The molecule has 8 rings (SSSR count). The van der Waals surface area contributed by atoms with Crippen molar-refractivity contribution in [1.29, 1.82) is 10.5 Å². The highest BCUT2D eigenvalue weighted by molar-refractivity contribution is 8.03. The fourth-order valence-electron chi connectivity index (χ4n) is 10.8. The Bertz CT molecular complexity index is 4270. The smallest absolute Gasteiger partial charge is 0.338 e. The van der Waals surface area contributed by atoms with Crippen molar-refractivity contribution < 1.29 is 66.7 Å². The van der Waals surface area contributed by atoms with Crippen LogP contribution >= 0.6 is 11.8 Å². The number of likely N-dealkylation sites (N-methyl/N-ethyl adjacent to an activating group) is 1. The van der Waals surface area contributed by atoms with Crippen LogP contribution in [0.15, 0.2) is 253 Å². The third-order valence-corrected chi connectivity index (χ3v) is 16.7. The predicted molar refractivity (Wildman–Crippen MR) is 377 cm³/mol. The largest absolute Gasteiger partial charge is 0.497 e. The molecule has 0 spiro atoms. The molecular weight excluding hydrogens is 1260 g/mol. The van der Waals surface area contributed by atoms with Crippen molar-refractivity contribution in [2.75, 3.05) is 49.0 Å². The van der Waals surface area contributed by atoms with Crippen LogP contribution in [0.1, 0.15) is 79.3 Å². The molecule has 1 heterocycles. The lowest BCUT2D eigenvalue weighted by Crippen LogP contribution is -2.28. The van der Waals surface area contributed by atoms with Gasteiger partial charge in [0.05, 0.1) is 36.4 Å². The second kappa shape index (κ2) is 33.4. The summed E-state index contributed by atoms with van der Waals surface area (Å²) in [5.74, 6) is -3.65. The molecule has 0 amide bonds. The summed E-state index contributed by atoms with van der Waals surface area (Å²) in [7, 11) is 1.61. The molecule has 498 valence electrons. The third kappa shape index (κ3) is 18.5. The number of methoxy groups -OCH3 is 1. The fourth-order valence-corrected chi connectivity index (χ4v) is 11.8. The molecule has 19 heteroatoms. The predicted octanol–water partition coefficient (Wildman–Crippen LogP) is 15.9. The number of carbonyl (C=O) groups excluding carboxylic acids is 6. The van der Waals surface area contributed by atoms with E-state index in [1.165, 1.54) is 48.2 Å². The van der Waals surface area contributed by atoms with Gasteiger partial charge in [0.1, 0.15) is 53.6 Å². The van der Waals surface area contributed by atoms with Crippen molar-refractivity contribution in [1.82, 2.24) is 0 Å². The number of hydrogen-bond acceptors (Lipinski definition) is 19. The molecule has 1 unspecified atom stereocenters. The van der Waals surface area contributed by atoms with Crippen LogP contribution in [-0.2, 0) is 39.0 Å². The van der Waals surface area contributed by atoms with E-state index in [1.54, 1.807) is 14.0 Å². The number of esters is 6. The average molecular weight is 1330 g/mol. The van der Waals surface area contributed by atoms with Crippen molar-refractivity contribution >= 4 is 76.4 Å². The molecule has 98 heavy (non-hydrogen) atoms. The van der Waals surface area contributed by atoms with Gasteiger partial charge in [0.15, 0.2) is 11.4 Å². The second-order valence-electron chi connectivity index (χ2n) is 23.0. The van der Waals surface area contributed by atoms with Crippen LogP contribution < -0.4 is 33.5 Å². The number of hydrogen-bond donors (Lipinski definition) is 0. The lowest BCUT2D eigenvalue weighted by molar-refractivity contribution is -0.130. The summed E-state index contributed by atoms with van der Waals surface area (Å²) in [5.41, 5.74) is 6.92. The summed E-state index contributed by atoms with van der Waals surface area (Å²) in [4.78, 5) is 80.5. The first-order chi connectivity index (χ1) is 47.1. The zero-order chi connectivity index (χ0) is 70.5. The summed E-state index contributed by atoms with van der Waals surface area (Å²) >= 11 is 1.51. The molecule has 0 saturated heterocycles. The standard InChI is InChI=1S/C79H72N4O14S/c1-11-70(84)93-64-42-56(43-65(46-64)94-71(85)12-2)76(88)91-39-38-82(15-5)59-30-32-61(33-31-59)83(62-34-36-63(90-10)37-35-62)60-28-25-53(26-29-60)24-27-55-49-78(7,8)48-54(20-19-23-69-68(51-81)74(52(6)50-80)97-79(69,9)58-21-17-16-18-22-58)75(55)98-41-40-92-77(89)57-44-66(95-72(86)13-3)47-67(45-57)96-73(87)14-4/h11-14,16-37,42-47H,1-4,15,38-41,48-49H2,5-10H3/b23-19+,27-24+,54-20+,74-52+. The Hall–Kier alpha value is -11.9. The van der Waals surface area contributed by atoms with E-state index in [-0.39, 0.29) is 69.7 Å². The van der Waals surface area contributed by atoms with Gasteiger partial charge in [-0.15, -0.1) is 11.8 Å². The maximum Gasteiger partial charge on any atom is 0.338 e. The van der Waals surface area contributed by atoms with Crippen molar-refractivity contribution in [3.63, 3.8) is 0 Å². The highest BCUT2D eigenvalue weighted by Gasteiger charge is 2.43. The molecule has 0 radical (unpaired) electrons. The van der Waals surface area contributed by atoms with Crippen LogP contribution in [0.3, 0.4) is 0 Å². The van der Waals surface area contributed by atoms with Gasteiger partial charge in [-0.1, -0.05) is 113 Å². The first-order valence-corrected chi connectivity index (χ1v) is 32.0. The molecular formula is C79H72N4O14S. The zero-order valence-electron chi connectivity index (χ0n) is 55.2. The van der Waals surface area contributed by atoms with Crippen molar-refractivity contribution in [3.8, 4) is 40.9 Å². The van der Waals surface area contributed by atoms with Gasteiger partial charge in [-0.05, 0) is 146 Å². The summed E-state index contributed by atoms with van der Waals surface area (Å²) in [5, 5.41) is 20.6. The molecule has 18 nitrogen and oxygen atoms in total. The van der Waals surface area contributed by atoms with E-state index >= 15 is 0 Å². The molecule has 0 saturated carbocycles. The van der Waals surface area contributed by atoms with E-state index in [0.29, 0.717) is 43.0 Å². The van der Waals surface area contributed by atoms with Gasteiger partial charge in [-0.3, -0.25) is 0 Å². The van der Waals surface area contributed by atoms with Gasteiger partial charge in [0.2, 0.25) is 0 Å². The molecule has 1 aliphatic carbocycles. The maximum absolute atomic E-state index is 13.7. The van der Waals surface area contributed by atoms with Crippen LogP contribution in [0.4, 0.5) is 22.7 Å². The van der Waals surface area contributed by atoms with E-state index in [1.807, 2.05) is 140 Å². The van der Waals surface area contributed by atoms with Gasteiger partial charge in [0.25, 0.3) is 0 Å². The second-order valence-corrected chi connectivity index (χ2v) is 24.1. The van der Waals surface area contributed by atoms with Crippen molar-refractivity contribution in [3.05, 3.63) is 275 Å². The van der Waals surface area contributed by atoms with Crippen LogP contribution in [0.5, 0.6) is 28.7 Å². The Morgan fingerprint density at radius 2 is 1.10 bits per heavy atom. The summed E-state index contributed by atoms with van der Waals surface area (Å²) in [6.07, 6.45) is 15.2. The Morgan fingerprint density at radius 3 is 1.58 bits per heavy atom. The van der Waals surface area contributed by atoms with Gasteiger partial charge >= 0.3 is 35.8 Å². The molecule has 1 aliphatic heterocycles. The normalized spacial score (nSPS) is 15.6. The Balaban J connectivity index is 1.08. The number of nitrogens with zero attached hydrogens (tertiary/aromatic N) is 4. The third-order valence-electron chi connectivity index (χ3n) is 15.5. The zero-order valence-corrected chi connectivity index (χ0v) is 56.0. The monoisotopic (exact) mass is 1330 g/mol. The topological polar surface area (TPSA) is 230 Å². The van der Waals surface area contributed by atoms with Crippen LogP contribution in [0.25, 0.3) is 6.08 Å². The average Bonchev–Trinajstić information content (AvgIpc) is 1.58. The molecule has 0 bridgehead atoms. The number of nitriles is 2. The quantitative estimate of drug-likeness (QED) is 0.0146. The van der Waals surface area contributed by atoms with E-state index in [2.05, 4.69) is 69.4 Å². The van der Waals surface area contributed by atoms with Gasteiger partial charge < -0.3 is 47.7 Å². The molecule has 6 aromatic rings. The number of allylic oxidation sites excluding steroid dienone is 7. The van der Waals surface area contributed by atoms with E-state index in [0.717, 1.165) is 74.2 Å². The Kier molecular flexibility index (Phi) is 24.5. The van der Waals surface area contributed by atoms with Gasteiger partial charge in [-0.25, -0.2) is 28.8 Å². The SMILES string of the molecule is C=CC(=O)Oc1cc(OC(=O)C=C)cc(C(=O)OCCSC2=C(/C=C/c3ccc(N(c4ccc(OC)cc4)c4ccc(N(CC)CCOC(=O)c5cc(OC(=O)C=C)cc(OC(=O)C=C)c5)cc4)cc3)CC(C)(C)C/C2=C\C=C\C2=C(C#N)C(=C(/C)C#N)/OC2(C)c2ccccc2)c1. The van der Waals surface area contributed by atoms with Gasteiger partial charge in [-0.2, -0.15) is 10.5 Å². The Labute approximate surface area is 574 Å². The van der Waals surface area contributed by atoms with Crippen molar-refractivity contribution in [2.24, 2.45) is 5.41 Å². The number of thioether (sulfide) groups is 1. The molecule has 0 N–H and O–H groups in total.